The number of anilines is 1. The van der Waals surface area contributed by atoms with Crippen molar-refractivity contribution in [2.45, 2.75) is 57.9 Å². The van der Waals surface area contributed by atoms with Gasteiger partial charge in [0.2, 0.25) is 5.95 Å². The van der Waals surface area contributed by atoms with Crippen LogP contribution in [-0.2, 0) is 0 Å². The highest BCUT2D eigenvalue weighted by Gasteiger charge is 2.13. The molecule has 0 saturated heterocycles. The molecule has 2 aromatic rings. The number of rotatable bonds is 2. The van der Waals surface area contributed by atoms with Crippen LogP contribution < -0.4 is 5.32 Å². The average molecular weight is 258 g/mol. The molecular formula is C15H22N4. The Morgan fingerprint density at radius 2 is 1.84 bits per heavy atom. The molecular weight excluding hydrogens is 236 g/mol. The van der Waals surface area contributed by atoms with Crippen LogP contribution >= 0.6 is 0 Å². The van der Waals surface area contributed by atoms with E-state index in [-0.39, 0.29) is 0 Å². The van der Waals surface area contributed by atoms with Crippen molar-refractivity contribution >= 4 is 11.6 Å². The minimum atomic E-state index is 0.540. The van der Waals surface area contributed by atoms with Gasteiger partial charge in [-0.2, -0.15) is 4.98 Å². The quantitative estimate of drug-likeness (QED) is 0.895. The number of hydrogen-bond donors (Lipinski definition) is 1. The van der Waals surface area contributed by atoms with Gasteiger partial charge in [-0.05, 0) is 31.9 Å². The molecule has 1 aliphatic carbocycles. The molecule has 0 bridgehead atoms. The second-order valence-electron chi connectivity index (χ2n) is 5.56. The van der Waals surface area contributed by atoms with E-state index < -0.39 is 0 Å². The summed E-state index contributed by atoms with van der Waals surface area (Å²) in [6.45, 7) is 2.06. The lowest BCUT2D eigenvalue weighted by molar-refractivity contribution is 0.470. The van der Waals surface area contributed by atoms with Gasteiger partial charge in [0.1, 0.15) is 0 Å². The molecule has 0 aliphatic heterocycles. The van der Waals surface area contributed by atoms with Crippen molar-refractivity contribution in [2.75, 3.05) is 5.32 Å². The van der Waals surface area contributed by atoms with Gasteiger partial charge in [-0.3, -0.25) is 0 Å². The van der Waals surface area contributed by atoms with Gasteiger partial charge in [0.15, 0.2) is 5.65 Å². The third kappa shape index (κ3) is 2.88. The Labute approximate surface area is 114 Å². The molecule has 3 rings (SSSR count). The van der Waals surface area contributed by atoms with Crippen LogP contribution in [0.5, 0.6) is 0 Å². The number of aryl methyl sites for hydroxylation is 1. The zero-order valence-corrected chi connectivity index (χ0v) is 11.6. The maximum Gasteiger partial charge on any atom is 0.243 e. The molecule has 0 amide bonds. The molecule has 2 heterocycles. The van der Waals surface area contributed by atoms with E-state index in [2.05, 4.69) is 28.4 Å². The van der Waals surface area contributed by atoms with E-state index in [9.17, 15) is 0 Å². The summed E-state index contributed by atoms with van der Waals surface area (Å²) in [4.78, 5) is 4.56. The molecule has 19 heavy (non-hydrogen) atoms. The van der Waals surface area contributed by atoms with Crippen LogP contribution in [-0.4, -0.2) is 20.6 Å². The number of hydrogen-bond acceptors (Lipinski definition) is 3. The van der Waals surface area contributed by atoms with Crippen molar-refractivity contribution in [3.63, 3.8) is 0 Å². The average Bonchev–Trinajstić information content (AvgIpc) is 2.76. The van der Waals surface area contributed by atoms with Gasteiger partial charge >= 0.3 is 0 Å². The van der Waals surface area contributed by atoms with Crippen molar-refractivity contribution in [1.82, 2.24) is 14.6 Å². The number of aromatic nitrogens is 3. The summed E-state index contributed by atoms with van der Waals surface area (Å²) < 4.78 is 1.91. The number of nitrogens with zero attached hydrogens (tertiary/aromatic N) is 3. The van der Waals surface area contributed by atoms with Crippen molar-refractivity contribution in [3.05, 3.63) is 23.9 Å². The van der Waals surface area contributed by atoms with Crippen LogP contribution in [0.4, 0.5) is 5.95 Å². The van der Waals surface area contributed by atoms with Crippen LogP contribution in [0.3, 0.4) is 0 Å². The number of pyridine rings is 1. The van der Waals surface area contributed by atoms with Crippen LogP contribution in [0.15, 0.2) is 18.2 Å². The molecule has 0 spiro atoms. The van der Waals surface area contributed by atoms with Gasteiger partial charge in [0.25, 0.3) is 0 Å². The van der Waals surface area contributed by atoms with Crippen molar-refractivity contribution in [2.24, 2.45) is 0 Å². The lowest BCUT2D eigenvalue weighted by atomic mass is 9.97. The van der Waals surface area contributed by atoms with Crippen LogP contribution in [0.25, 0.3) is 5.65 Å². The normalized spacial score (nSPS) is 18.2. The standard InChI is InChI=1S/C15H22N4/c1-12-8-7-11-14-17-15(18-19(12)14)16-13-9-5-3-2-4-6-10-13/h7-8,11,13H,2-6,9-10H2,1H3,(H,16,18). The summed E-state index contributed by atoms with van der Waals surface area (Å²) in [5.41, 5.74) is 2.05. The van der Waals surface area contributed by atoms with Crippen LogP contribution in [0.1, 0.15) is 50.6 Å². The van der Waals surface area contributed by atoms with E-state index in [1.807, 2.05) is 16.6 Å². The highest BCUT2D eigenvalue weighted by molar-refractivity contribution is 5.44. The van der Waals surface area contributed by atoms with Gasteiger partial charge in [-0.15, -0.1) is 5.10 Å². The fourth-order valence-corrected chi connectivity index (χ4v) is 2.88. The van der Waals surface area contributed by atoms with Crippen molar-refractivity contribution < 1.29 is 0 Å². The van der Waals surface area contributed by atoms with Crippen LogP contribution in [0, 0.1) is 6.92 Å². The van der Waals surface area contributed by atoms with Crippen LogP contribution in [0.2, 0.25) is 0 Å². The fraction of sp³-hybridized carbons (Fsp3) is 0.600. The first kappa shape index (κ1) is 12.5. The lowest BCUT2D eigenvalue weighted by Gasteiger charge is -2.19. The summed E-state index contributed by atoms with van der Waals surface area (Å²) in [6.07, 6.45) is 9.28. The third-order valence-corrected chi connectivity index (χ3v) is 3.99. The van der Waals surface area contributed by atoms with Crippen molar-refractivity contribution in [1.29, 1.82) is 0 Å². The third-order valence-electron chi connectivity index (χ3n) is 3.99. The van der Waals surface area contributed by atoms with Gasteiger partial charge in [-0.1, -0.05) is 38.2 Å². The minimum absolute atomic E-state index is 0.540. The highest BCUT2D eigenvalue weighted by atomic mass is 15.4. The Morgan fingerprint density at radius 3 is 2.58 bits per heavy atom. The number of fused-ring (bicyclic) bond motifs is 1. The maximum absolute atomic E-state index is 4.56. The molecule has 1 fully saturated rings. The molecule has 0 atom stereocenters. The SMILES string of the molecule is Cc1cccc2nc(NC3CCCCCCC3)nn12. The lowest BCUT2D eigenvalue weighted by Crippen LogP contribution is -2.21. The van der Waals surface area contributed by atoms with E-state index >= 15 is 0 Å². The molecule has 4 nitrogen and oxygen atoms in total. The van der Waals surface area contributed by atoms with Crippen molar-refractivity contribution in [3.8, 4) is 0 Å². The van der Waals surface area contributed by atoms with E-state index in [0.717, 1.165) is 17.3 Å². The predicted octanol–water partition coefficient (Wildman–Crippen LogP) is 3.56. The van der Waals surface area contributed by atoms with E-state index in [4.69, 9.17) is 0 Å². The molecule has 1 aliphatic rings. The van der Waals surface area contributed by atoms with E-state index in [1.54, 1.807) is 0 Å². The molecule has 102 valence electrons. The smallest absolute Gasteiger partial charge is 0.243 e. The summed E-state index contributed by atoms with van der Waals surface area (Å²) in [6, 6.07) is 6.63. The molecule has 1 saturated carbocycles. The Balaban J connectivity index is 1.74. The molecule has 0 radical (unpaired) electrons. The Kier molecular flexibility index (Phi) is 3.67. The van der Waals surface area contributed by atoms with Gasteiger partial charge in [0, 0.05) is 11.7 Å². The zero-order valence-electron chi connectivity index (χ0n) is 11.6. The Bertz CT molecular complexity index is 538. The summed E-state index contributed by atoms with van der Waals surface area (Å²) >= 11 is 0. The number of nitrogens with one attached hydrogen (secondary N) is 1. The highest BCUT2D eigenvalue weighted by Crippen LogP contribution is 2.20. The van der Waals surface area contributed by atoms with Gasteiger partial charge < -0.3 is 5.32 Å². The first-order valence-electron chi connectivity index (χ1n) is 7.42. The topological polar surface area (TPSA) is 42.2 Å². The first-order valence-corrected chi connectivity index (χ1v) is 7.42. The van der Waals surface area contributed by atoms with E-state index in [1.165, 1.54) is 44.9 Å². The molecule has 0 aromatic carbocycles. The monoisotopic (exact) mass is 258 g/mol. The largest absolute Gasteiger partial charge is 0.350 e. The predicted molar refractivity (Wildman–Crippen MR) is 77.5 cm³/mol. The summed E-state index contributed by atoms with van der Waals surface area (Å²) in [5, 5.41) is 8.08. The maximum atomic E-state index is 4.56. The molecule has 0 unspecified atom stereocenters. The molecule has 2 aromatic heterocycles. The minimum Gasteiger partial charge on any atom is -0.350 e. The first-order chi connectivity index (χ1) is 9.33. The summed E-state index contributed by atoms with van der Waals surface area (Å²) in [5.74, 6) is 0.778. The zero-order chi connectivity index (χ0) is 13.1. The molecule has 4 heteroatoms. The van der Waals surface area contributed by atoms with Gasteiger partial charge in [-0.25, -0.2) is 4.52 Å². The Hall–Kier alpha value is -1.58. The fourth-order valence-electron chi connectivity index (χ4n) is 2.88. The van der Waals surface area contributed by atoms with E-state index in [0.29, 0.717) is 6.04 Å². The second kappa shape index (κ2) is 5.59. The summed E-state index contributed by atoms with van der Waals surface area (Å²) in [7, 11) is 0. The Morgan fingerprint density at radius 1 is 1.11 bits per heavy atom. The van der Waals surface area contributed by atoms with Gasteiger partial charge in [0.05, 0.1) is 0 Å². The second-order valence-corrected chi connectivity index (χ2v) is 5.56. The molecule has 1 N–H and O–H groups in total.